The fourth-order valence-corrected chi connectivity index (χ4v) is 2.80. The van der Waals surface area contributed by atoms with Gasteiger partial charge in [0.1, 0.15) is 21.3 Å². The van der Waals surface area contributed by atoms with Crippen LogP contribution in [0.2, 0.25) is 0 Å². The lowest BCUT2D eigenvalue weighted by Gasteiger charge is -2.00. The summed E-state index contributed by atoms with van der Waals surface area (Å²) in [5, 5.41) is 0.753. The number of nitrogens with two attached hydrogens (primary N) is 1. The number of thiophene rings is 1. The molecule has 0 fully saturated rings. The lowest BCUT2D eigenvalue weighted by molar-refractivity contribution is 0.0531. The predicted molar refractivity (Wildman–Crippen MR) is 67.3 cm³/mol. The number of carbonyl (C=O) groups excluding carboxylic acids is 1. The van der Waals surface area contributed by atoms with Crippen molar-refractivity contribution >= 4 is 33.3 Å². The van der Waals surface area contributed by atoms with Gasteiger partial charge in [0, 0.05) is 0 Å². The van der Waals surface area contributed by atoms with Gasteiger partial charge in [0.25, 0.3) is 0 Å². The predicted octanol–water partition coefficient (Wildman–Crippen LogP) is 2.07. The van der Waals surface area contributed by atoms with Crippen LogP contribution in [0.25, 0.3) is 10.2 Å². The van der Waals surface area contributed by atoms with Crippen molar-refractivity contribution < 1.29 is 9.53 Å². The highest BCUT2D eigenvalue weighted by atomic mass is 32.1. The van der Waals surface area contributed by atoms with Crippen LogP contribution in [-0.4, -0.2) is 22.5 Å². The molecule has 2 rings (SSSR count). The smallest absolute Gasteiger partial charge is 0.348 e. The van der Waals surface area contributed by atoms with Gasteiger partial charge in [0.15, 0.2) is 0 Å². The number of nitrogen functional groups attached to an aromatic ring is 1. The molecule has 0 aliphatic rings. The maximum atomic E-state index is 11.7. The van der Waals surface area contributed by atoms with Crippen LogP contribution in [-0.2, 0) is 4.74 Å². The number of carbonyl (C=O) groups is 1. The zero-order valence-corrected chi connectivity index (χ0v) is 10.7. The van der Waals surface area contributed by atoms with Crippen LogP contribution in [0.15, 0.2) is 0 Å². The number of esters is 1. The number of hydrogen-bond acceptors (Lipinski definition) is 6. The van der Waals surface area contributed by atoms with E-state index >= 15 is 0 Å². The third-order valence-electron chi connectivity index (χ3n) is 2.39. The molecule has 0 aliphatic carbocycles. The van der Waals surface area contributed by atoms with Crippen molar-refractivity contribution in [1.29, 1.82) is 0 Å². The summed E-state index contributed by atoms with van der Waals surface area (Å²) in [6.45, 7) is 5.74. The molecule has 0 radical (unpaired) electrons. The summed E-state index contributed by atoms with van der Waals surface area (Å²) in [6.07, 6.45) is 0. The molecule has 17 heavy (non-hydrogen) atoms. The Bertz CT molecular complexity index is 592. The normalized spacial score (nSPS) is 10.8. The van der Waals surface area contributed by atoms with E-state index in [4.69, 9.17) is 10.5 Å². The summed E-state index contributed by atoms with van der Waals surface area (Å²) >= 11 is 1.29. The minimum atomic E-state index is -0.329. The number of fused-ring (bicyclic) bond motifs is 1. The van der Waals surface area contributed by atoms with Crippen molar-refractivity contribution in [2.24, 2.45) is 0 Å². The van der Waals surface area contributed by atoms with Crippen molar-refractivity contribution in [2.75, 3.05) is 12.3 Å². The first-order valence-electron chi connectivity index (χ1n) is 5.25. The fraction of sp³-hybridized carbons (Fsp3) is 0.364. The van der Waals surface area contributed by atoms with Crippen molar-refractivity contribution in [1.82, 2.24) is 9.97 Å². The number of nitrogens with zero attached hydrogens (tertiary/aromatic N) is 2. The second kappa shape index (κ2) is 4.29. The Morgan fingerprint density at radius 3 is 2.76 bits per heavy atom. The Labute approximate surface area is 103 Å². The maximum absolute atomic E-state index is 11.7. The van der Waals surface area contributed by atoms with Crippen LogP contribution in [0.5, 0.6) is 0 Å². The van der Waals surface area contributed by atoms with Crippen LogP contribution in [0.1, 0.15) is 28.0 Å². The highest BCUT2D eigenvalue weighted by molar-refractivity contribution is 7.20. The van der Waals surface area contributed by atoms with Gasteiger partial charge in [0.2, 0.25) is 0 Å². The van der Waals surface area contributed by atoms with Crippen molar-refractivity contribution in [3.63, 3.8) is 0 Å². The first-order chi connectivity index (χ1) is 8.04. The molecule has 0 amide bonds. The Kier molecular flexibility index (Phi) is 2.97. The Hall–Kier alpha value is -1.69. The van der Waals surface area contributed by atoms with Crippen LogP contribution < -0.4 is 5.73 Å². The van der Waals surface area contributed by atoms with Crippen LogP contribution in [0.4, 0.5) is 5.82 Å². The lowest BCUT2D eigenvalue weighted by atomic mass is 10.2. The summed E-state index contributed by atoms with van der Waals surface area (Å²) in [5.41, 5.74) is 6.64. The first-order valence-corrected chi connectivity index (χ1v) is 6.06. The molecule has 90 valence electrons. The summed E-state index contributed by atoms with van der Waals surface area (Å²) in [5.74, 6) is 0.688. The van der Waals surface area contributed by atoms with Gasteiger partial charge in [-0.15, -0.1) is 11.3 Å². The lowest BCUT2D eigenvalue weighted by Crippen LogP contribution is -2.03. The van der Waals surface area contributed by atoms with E-state index in [0.717, 1.165) is 15.8 Å². The molecule has 2 aromatic rings. The topological polar surface area (TPSA) is 78.1 Å². The molecular formula is C11H13N3O2S. The average Bonchev–Trinajstić information content (AvgIpc) is 2.56. The third-order valence-corrected chi connectivity index (χ3v) is 3.56. The molecule has 2 heterocycles. The van der Waals surface area contributed by atoms with Crippen LogP contribution in [0, 0.1) is 13.8 Å². The van der Waals surface area contributed by atoms with Gasteiger partial charge in [-0.2, -0.15) is 0 Å². The second-order valence-corrected chi connectivity index (χ2v) is 4.61. The first kappa shape index (κ1) is 11.8. The van der Waals surface area contributed by atoms with Gasteiger partial charge >= 0.3 is 5.97 Å². The number of aromatic nitrogens is 2. The van der Waals surface area contributed by atoms with Crippen molar-refractivity contribution in [3.8, 4) is 0 Å². The van der Waals surface area contributed by atoms with E-state index < -0.39 is 0 Å². The summed E-state index contributed by atoms with van der Waals surface area (Å²) in [7, 11) is 0. The molecule has 0 spiro atoms. The van der Waals surface area contributed by atoms with Gasteiger partial charge in [-0.3, -0.25) is 0 Å². The SMILES string of the molecule is CCOC(=O)c1sc2nc(C)nc(N)c2c1C. The van der Waals surface area contributed by atoms with E-state index in [1.54, 1.807) is 13.8 Å². The fourth-order valence-electron chi connectivity index (χ4n) is 1.67. The number of ether oxygens (including phenoxy) is 1. The molecule has 5 nitrogen and oxygen atoms in total. The molecule has 0 unspecified atom stereocenters. The molecular weight excluding hydrogens is 238 g/mol. The molecule has 0 aliphatic heterocycles. The molecule has 0 saturated carbocycles. The van der Waals surface area contributed by atoms with E-state index in [1.165, 1.54) is 11.3 Å². The molecule has 0 atom stereocenters. The summed E-state index contributed by atoms with van der Waals surface area (Å²) < 4.78 is 4.99. The Balaban J connectivity index is 2.64. The van der Waals surface area contributed by atoms with E-state index in [9.17, 15) is 4.79 Å². The summed E-state index contributed by atoms with van der Waals surface area (Å²) in [6, 6.07) is 0. The summed E-state index contributed by atoms with van der Waals surface area (Å²) in [4.78, 5) is 21.4. The number of anilines is 1. The standard InChI is InChI=1S/C11H13N3O2S/c1-4-16-11(15)8-5(2)7-9(12)13-6(3)14-10(7)17-8/h4H2,1-3H3,(H2,12,13,14). The van der Waals surface area contributed by atoms with E-state index in [-0.39, 0.29) is 5.97 Å². The van der Waals surface area contributed by atoms with Crippen LogP contribution >= 0.6 is 11.3 Å². The van der Waals surface area contributed by atoms with E-state index in [0.29, 0.717) is 23.1 Å². The Morgan fingerprint density at radius 1 is 1.41 bits per heavy atom. The largest absolute Gasteiger partial charge is 0.462 e. The van der Waals surface area contributed by atoms with Crippen LogP contribution in [0.3, 0.4) is 0 Å². The van der Waals surface area contributed by atoms with E-state index in [2.05, 4.69) is 9.97 Å². The minimum absolute atomic E-state index is 0.329. The van der Waals surface area contributed by atoms with Gasteiger partial charge in [0.05, 0.1) is 12.0 Å². The molecule has 0 aromatic carbocycles. The molecule has 6 heteroatoms. The number of rotatable bonds is 2. The monoisotopic (exact) mass is 251 g/mol. The molecule has 2 aromatic heterocycles. The number of hydrogen-bond donors (Lipinski definition) is 1. The molecule has 0 bridgehead atoms. The zero-order valence-electron chi connectivity index (χ0n) is 9.90. The number of aryl methyl sites for hydroxylation is 2. The Morgan fingerprint density at radius 2 is 2.12 bits per heavy atom. The van der Waals surface area contributed by atoms with Gasteiger partial charge in [-0.1, -0.05) is 0 Å². The van der Waals surface area contributed by atoms with Gasteiger partial charge in [-0.05, 0) is 26.3 Å². The molecule has 0 saturated heterocycles. The quantitative estimate of drug-likeness (QED) is 0.827. The zero-order chi connectivity index (χ0) is 12.6. The van der Waals surface area contributed by atoms with Crippen molar-refractivity contribution in [2.45, 2.75) is 20.8 Å². The third kappa shape index (κ3) is 1.95. The van der Waals surface area contributed by atoms with Gasteiger partial charge < -0.3 is 10.5 Å². The maximum Gasteiger partial charge on any atom is 0.348 e. The van der Waals surface area contributed by atoms with Gasteiger partial charge in [-0.25, -0.2) is 14.8 Å². The highest BCUT2D eigenvalue weighted by Gasteiger charge is 2.19. The molecule has 2 N–H and O–H groups in total. The highest BCUT2D eigenvalue weighted by Crippen LogP contribution is 2.32. The average molecular weight is 251 g/mol. The van der Waals surface area contributed by atoms with E-state index in [1.807, 2.05) is 6.92 Å². The minimum Gasteiger partial charge on any atom is -0.462 e. The van der Waals surface area contributed by atoms with Crippen molar-refractivity contribution in [3.05, 3.63) is 16.3 Å². The second-order valence-electron chi connectivity index (χ2n) is 3.61.